The van der Waals surface area contributed by atoms with E-state index < -0.39 is 11.7 Å². The summed E-state index contributed by atoms with van der Waals surface area (Å²) in [5.74, 6) is -0.245. The van der Waals surface area contributed by atoms with Crippen molar-refractivity contribution in [3.63, 3.8) is 0 Å². The normalized spacial score (nSPS) is 12.5. The molecule has 2 aromatic rings. The Bertz CT molecular complexity index is 689. The highest BCUT2D eigenvalue weighted by molar-refractivity contribution is 5.81. The van der Waals surface area contributed by atoms with E-state index in [1.807, 2.05) is 19.1 Å². The quantitative estimate of drug-likeness (QED) is 0.904. The lowest BCUT2D eigenvalue weighted by Crippen LogP contribution is -2.34. The van der Waals surface area contributed by atoms with Crippen LogP contribution in [0.3, 0.4) is 0 Å². The monoisotopic (exact) mass is 337 g/mol. The van der Waals surface area contributed by atoms with E-state index in [9.17, 15) is 18.0 Å². The molecule has 1 aromatic heterocycles. The molecular weight excluding hydrogens is 319 g/mol. The number of carbonyl (C=O) groups excluding carboxylic acids is 1. The molecule has 0 fully saturated rings. The van der Waals surface area contributed by atoms with Gasteiger partial charge in [0.25, 0.3) is 0 Å². The molecule has 2 rings (SSSR count). The van der Waals surface area contributed by atoms with Gasteiger partial charge in [-0.05, 0) is 37.3 Å². The van der Waals surface area contributed by atoms with Gasteiger partial charge in [0.2, 0.25) is 5.91 Å². The molecule has 7 heteroatoms. The smallest absolute Gasteiger partial charge is 0.376 e. The molecule has 0 aliphatic carbocycles. The van der Waals surface area contributed by atoms with Crippen LogP contribution in [0.4, 0.5) is 18.9 Å². The van der Waals surface area contributed by atoms with Crippen molar-refractivity contribution in [2.45, 2.75) is 19.1 Å². The number of carbonyl (C=O) groups is 1. The number of hydrogen-bond donors (Lipinski definition) is 1. The minimum atomic E-state index is -4.41. The van der Waals surface area contributed by atoms with Gasteiger partial charge in [0, 0.05) is 18.9 Å². The van der Waals surface area contributed by atoms with Gasteiger partial charge < -0.3 is 10.2 Å². The van der Waals surface area contributed by atoms with Crippen LogP contribution in [0.25, 0.3) is 0 Å². The van der Waals surface area contributed by atoms with E-state index in [2.05, 4.69) is 10.3 Å². The number of rotatable bonds is 5. The number of benzene rings is 1. The minimum Gasteiger partial charge on any atom is -0.376 e. The molecule has 4 nitrogen and oxygen atoms in total. The summed E-state index contributed by atoms with van der Waals surface area (Å²) in [5, 5.41) is 2.73. The zero-order chi connectivity index (χ0) is 17.7. The Hall–Kier alpha value is -2.57. The molecule has 128 valence electrons. The van der Waals surface area contributed by atoms with Gasteiger partial charge in [0.1, 0.15) is 0 Å². The summed E-state index contributed by atoms with van der Waals surface area (Å²) < 4.78 is 38.0. The van der Waals surface area contributed by atoms with Gasteiger partial charge in [-0.1, -0.05) is 12.1 Å². The summed E-state index contributed by atoms with van der Waals surface area (Å²) in [6.07, 6.45) is -2.77. The van der Waals surface area contributed by atoms with Gasteiger partial charge in [0.05, 0.1) is 23.8 Å². The topological polar surface area (TPSA) is 45.2 Å². The van der Waals surface area contributed by atoms with Gasteiger partial charge in [-0.25, -0.2) is 0 Å². The Balaban J connectivity index is 1.98. The molecule has 0 aliphatic heterocycles. The first-order chi connectivity index (χ1) is 11.3. The predicted molar refractivity (Wildman–Crippen MR) is 85.4 cm³/mol. The molecule has 0 saturated carbocycles. The number of pyridine rings is 1. The third kappa shape index (κ3) is 4.47. The van der Waals surface area contributed by atoms with Gasteiger partial charge in [-0.3, -0.25) is 9.78 Å². The van der Waals surface area contributed by atoms with Crippen LogP contribution in [0.15, 0.2) is 48.7 Å². The van der Waals surface area contributed by atoms with Crippen LogP contribution in [-0.4, -0.2) is 29.4 Å². The van der Waals surface area contributed by atoms with Gasteiger partial charge >= 0.3 is 6.18 Å². The Morgan fingerprint density at radius 2 is 2.00 bits per heavy atom. The molecule has 1 aromatic carbocycles. The van der Waals surface area contributed by atoms with E-state index in [1.165, 1.54) is 17.0 Å². The first-order valence-electron chi connectivity index (χ1n) is 7.37. The van der Waals surface area contributed by atoms with Crippen molar-refractivity contribution in [2.24, 2.45) is 0 Å². The molecule has 0 aliphatic rings. The number of amides is 1. The first-order valence-corrected chi connectivity index (χ1v) is 7.37. The Labute approximate surface area is 138 Å². The highest BCUT2D eigenvalue weighted by Gasteiger charge is 2.30. The van der Waals surface area contributed by atoms with E-state index in [1.54, 1.807) is 19.3 Å². The fraction of sp³-hybridized carbons (Fsp3) is 0.294. The number of nitrogens with zero attached hydrogens (tertiary/aromatic N) is 2. The van der Waals surface area contributed by atoms with Crippen LogP contribution in [0.5, 0.6) is 0 Å². The minimum absolute atomic E-state index is 0.102. The molecular formula is C17H18F3N3O. The Kier molecular flexibility index (Phi) is 5.43. The Morgan fingerprint density at radius 1 is 1.25 bits per heavy atom. The number of anilines is 1. The van der Waals surface area contributed by atoms with Gasteiger partial charge in [-0.15, -0.1) is 0 Å². The SMILES string of the molecule is C[C@@H](c1ccccn1)N(C)C(=O)CNc1cccc(C(F)(F)F)c1. The maximum atomic E-state index is 12.7. The van der Waals surface area contributed by atoms with Crippen molar-refractivity contribution >= 4 is 11.6 Å². The molecule has 0 spiro atoms. The van der Waals surface area contributed by atoms with E-state index in [4.69, 9.17) is 0 Å². The molecule has 1 amide bonds. The largest absolute Gasteiger partial charge is 0.416 e. The number of nitrogens with one attached hydrogen (secondary N) is 1. The third-order valence-corrected chi connectivity index (χ3v) is 3.72. The maximum absolute atomic E-state index is 12.7. The molecule has 0 unspecified atom stereocenters. The van der Waals surface area contributed by atoms with Crippen molar-refractivity contribution in [2.75, 3.05) is 18.9 Å². The van der Waals surface area contributed by atoms with Crippen molar-refractivity contribution in [3.8, 4) is 0 Å². The highest BCUT2D eigenvalue weighted by Crippen LogP contribution is 2.30. The second-order valence-electron chi connectivity index (χ2n) is 5.37. The molecule has 1 heterocycles. The lowest BCUT2D eigenvalue weighted by Gasteiger charge is -2.25. The number of hydrogen-bond acceptors (Lipinski definition) is 3. The van der Waals surface area contributed by atoms with Crippen LogP contribution in [0, 0.1) is 0 Å². The predicted octanol–water partition coefficient (Wildman–Crippen LogP) is 3.73. The average Bonchev–Trinajstić information content (AvgIpc) is 2.58. The molecule has 0 radical (unpaired) electrons. The van der Waals surface area contributed by atoms with E-state index in [-0.39, 0.29) is 24.2 Å². The average molecular weight is 337 g/mol. The lowest BCUT2D eigenvalue weighted by atomic mass is 10.2. The standard InChI is InChI=1S/C17H18F3N3O/c1-12(15-8-3-4-9-21-15)23(2)16(24)11-22-14-7-5-6-13(10-14)17(18,19)20/h3-10,12,22H,11H2,1-2H3/t12-/m0/s1. The molecule has 1 atom stereocenters. The van der Waals surface area contributed by atoms with E-state index >= 15 is 0 Å². The zero-order valence-corrected chi connectivity index (χ0v) is 13.3. The van der Waals surface area contributed by atoms with Crippen LogP contribution < -0.4 is 5.32 Å². The van der Waals surface area contributed by atoms with Crippen molar-refractivity contribution in [1.29, 1.82) is 0 Å². The molecule has 0 saturated heterocycles. The second kappa shape index (κ2) is 7.33. The van der Waals surface area contributed by atoms with Crippen LogP contribution in [0.1, 0.15) is 24.2 Å². The molecule has 24 heavy (non-hydrogen) atoms. The summed E-state index contributed by atoms with van der Waals surface area (Å²) in [4.78, 5) is 17.9. The van der Waals surface area contributed by atoms with Crippen molar-refractivity contribution in [1.82, 2.24) is 9.88 Å². The van der Waals surface area contributed by atoms with Crippen molar-refractivity contribution in [3.05, 3.63) is 59.9 Å². The fourth-order valence-electron chi connectivity index (χ4n) is 2.15. The van der Waals surface area contributed by atoms with Gasteiger partial charge in [0.15, 0.2) is 0 Å². The van der Waals surface area contributed by atoms with E-state index in [0.717, 1.165) is 17.8 Å². The second-order valence-corrected chi connectivity index (χ2v) is 5.37. The van der Waals surface area contributed by atoms with Crippen LogP contribution in [0.2, 0.25) is 0 Å². The molecule has 0 bridgehead atoms. The third-order valence-electron chi connectivity index (χ3n) is 3.72. The molecule has 1 N–H and O–H groups in total. The fourth-order valence-corrected chi connectivity index (χ4v) is 2.15. The highest BCUT2D eigenvalue weighted by atomic mass is 19.4. The number of likely N-dealkylation sites (N-methyl/N-ethyl adjacent to an activating group) is 1. The number of alkyl halides is 3. The summed E-state index contributed by atoms with van der Waals surface area (Å²) in [7, 11) is 1.63. The summed E-state index contributed by atoms with van der Waals surface area (Å²) in [5.41, 5.74) is 0.236. The maximum Gasteiger partial charge on any atom is 0.416 e. The summed E-state index contributed by atoms with van der Waals surface area (Å²) in [6, 6.07) is 9.96. The van der Waals surface area contributed by atoms with E-state index in [0.29, 0.717) is 0 Å². The number of aromatic nitrogens is 1. The zero-order valence-electron chi connectivity index (χ0n) is 13.3. The van der Waals surface area contributed by atoms with Gasteiger partial charge in [-0.2, -0.15) is 13.2 Å². The van der Waals surface area contributed by atoms with Crippen molar-refractivity contribution < 1.29 is 18.0 Å². The Morgan fingerprint density at radius 3 is 2.62 bits per heavy atom. The van der Waals surface area contributed by atoms with Crippen LogP contribution in [-0.2, 0) is 11.0 Å². The first kappa shape index (κ1) is 17.8. The summed E-state index contributed by atoms with van der Waals surface area (Å²) >= 11 is 0. The number of halogens is 3. The summed E-state index contributed by atoms with van der Waals surface area (Å²) in [6.45, 7) is 1.74. The van der Waals surface area contributed by atoms with Crippen LogP contribution >= 0.6 is 0 Å². The lowest BCUT2D eigenvalue weighted by molar-refractivity contribution is -0.137.